The molecule has 0 aliphatic heterocycles. The number of ether oxygens (including phenoxy) is 1. The highest BCUT2D eigenvalue weighted by molar-refractivity contribution is 14.0. The van der Waals surface area contributed by atoms with Crippen molar-refractivity contribution in [3.63, 3.8) is 0 Å². The molecule has 0 radical (unpaired) electrons. The average Bonchev–Trinajstić information content (AvgIpc) is 2.67. The second kappa shape index (κ2) is 15.3. The minimum absolute atomic E-state index is 0. The van der Waals surface area contributed by atoms with Gasteiger partial charge in [-0.05, 0) is 52.8 Å². The van der Waals surface area contributed by atoms with Crippen LogP contribution in [0, 0.1) is 0 Å². The lowest BCUT2D eigenvalue weighted by atomic mass is 10.2. The van der Waals surface area contributed by atoms with Gasteiger partial charge in [-0.1, -0.05) is 6.07 Å². The van der Waals surface area contributed by atoms with Gasteiger partial charge in [-0.15, -0.1) is 24.0 Å². The van der Waals surface area contributed by atoms with Crippen molar-refractivity contribution in [1.29, 1.82) is 0 Å². The van der Waals surface area contributed by atoms with Gasteiger partial charge in [-0.3, -0.25) is 14.7 Å². The monoisotopic (exact) mass is 519 g/mol. The fraction of sp³-hybridized carbons (Fsp3) is 0.619. The highest BCUT2D eigenvalue weighted by Crippen LogP contribution is 2.12. The third kappa shape index (κ3) is 10.7. The number of carbonyl (C=O) groups excluding carboxylic acids is 1. The molecule has 8 heteroatoms. The van der Waals surface area contributed by atoms with Crippen LogP contribution < -0.4 is 20.7 Å². The third-order valence-corrected chi connectivity index (χ3v) is 4.33. The number of nitrogens with one attached hydrogen (secondary N) is 3. The minimum atomic E-state index is -0.118. The van der Waals surface area contributed by atoms with E-state index in [9.17, 15) is 4.79 Å². The van der Waals surface area contributed by atoms with Gasteiger partial charge in [-0.2, -0.15) is 0 Å². The number of methoxy groups -OCH3 is 1. The highest BCUT2D eigenvalue weighted by Gasteiger charge is 2.12. The van der Waals surface area contributed by atoms with E-state index in [0.717, 1.165) is 25.6 Å². The van der Waals surface area contributed by atoms with Crippen LogP contribution in [0.25, 0.3) is 0 Å². The average molecular weight is 519 g/mol. The summed E-state index contributed by atoms with van der Waals surface area (Å²) in [5, 5.41) is 9.41. The molecule has 1 amide bonds. The first kappa shape index (κ1) is 27.5. The van der Waals surface area contributed by atoms with Crippen molar-refractivity contribution in [2.75, 3.05) is 39.8 Å². The molecule has 1 rings (SSSR count). The molecule has 0 saturated heterocycles. The number of hydrogen-bond donors (Lipinski definition) is 3. The summed E-state index contributed by atoms with van der Waals surface area (Å²) in [6, 6.07) is 8.11. The lowest BCUT2D eigenvalue weighted by Crippen LogP contribution is -2.42. The Morgan fingerprint density at radius 3 is 2.34 bits per heavy atom. The van der Waals surface area contributed by atoms with E-state index in [2.05, 4.69) is 53.5 Å². The number of rotatable bonds is 11. The quantitative estimate of drug-likeness (QED) is 0.182. The van der Waals surface area contributed by atoms with Gasteiger partial charge in [0.15, 0.2) is 5.96 Å². The predicted molar refractivity (Wildman–Crippen MR) is 132 cm³/mol. The Bertz CT molecular complexity index is 615. The molecule has 0 bridgehead atoms. The van der Waals surface area contributed by atoms with Crippen molar-refractivity contribution in [3.8, 4) is 5.75 Å². The zero-order valence-corrected chi connectivity index (χ0v) is 20.9. The van der Waals surface area contributed by atoms with Gasteiger partial charge in [0, 0.05) is 43.8 Å². The fourth-order valence-corrected chi connectivity index (χ4v) is 2.96. The van der Waals surface area contributed by atoms with E-state index in [1.54, 1.807) is 25.3 Å². The molecule has 0 aromatic heterocycles. The van der Waals surface area contributed by atoms with Gasteiger partial charge in [0.05, 0.1) is 13.7 Å². The molecule has 0 spiro atoms. The topological polar surface area (TPSA) is 78.0 Å². The number of amides is 1. The van der Waals surface area contributed by atoms with Crippen LogP contribution in [0.1, 0.15) is 45.0 Å². The first-order chi connectivity index (χ1) is 13.4. The molecule has 166 valence electrons. The number of nitrogens with zero attached hydrogens (tertiary/aromatic N) is 2. The Hall–Kier alpha value is -1.55. The summed E-state index contributed by atoms with van der Waals surface area (Å²) in [5.41, 5.74) is 0.586. The van der Waals surface area contributed by atoms with Gasteiger partial charge in [0.1, 0.15) is 5.75 Å². The van der Waals surface area contributed by atoms with Gasteiger partial charge < -0.3 is 20.7 Å². The number of halogens is 1. The molecule has 0 heterocycles. The van der Waals surface area contributed by atoms with Crippen molar-refractivity contribution in [3.05, 3.63) is 29.8 Å². The Labute approximate surface area is 193 Å². The first-order valence-corrected chi connectivity index (χ1v) is 10.1. The number of aliphatic imine (C=N–C) groups is 1. The molecular weight excluding hydrogens is 481 g/mol. The minimum Gasteiger partial charge on any atom is -0.497 e. The molecule has 0 atom stereocenters. The Kier molecular flexibility index (Phi) is 14.5. The summed E-state index contributed by atoms with van der Waals surface area (Å²) < 4.78 is 5.15. The van der Waals surface area contributed by atoms with Gasteiger partial charge in [0.2, 0.25) is 0 Å². The molecule has 0 aliphatic rings. The maximum atomic E-state index is 12.2. The fourth-order valence-electron chi connectivity index (χ4n) is 2.96. The number of benzene rings is 1. The van der Waals surface area contributed by atoms with E-state index >= 15 is 0 Å². The van der Waals surface area contributed by atoms with Crippen molar-refractivity contribution < 1.29 is 9.53 Å². The van der Waals surface area contributed by atoms with E-state index in [1.807, 2.05) is 13.0 Å². The number of hydrogen-bond acceptors (Lipinski definition) is 4. The van der Waals surface area contributed by atoms with Crippen molar-refractivity contribution in [2.24, 2.45) is 4.99 Å². The normalized spacial score (nSPS) is 11.4. The van der Waals surface area contributed by atoms with Crippen LogP contribution in [0.2, 0.25) is 0 Å². The lowest BCUT2D eigenvalue weighted by molar-refractivity contribution is 0.0954. The summed E-state index contributed by atoms with van der Waals surface area (Å²) in [6.07, 6.45) is 0. The van der Waals surface area contributed by atoms with E-state index in [-0.39, 0.29) is 29.9 Å². The smallest absolute Gasteiger partial charge is 0.251 e. The van der Waals surface area contributed by atoms with Crippen LogP contribution in [0.4, 0.5) is 0 Å². The Balaban J connectivity index is 0.00000784. The van der Waals surface area contributed by atoms with Gasteiger partial charge >= 0.3 is 0 Å². The van der Waals surface area contributed by atoms with E-state index in [4.69, 9.17) is 4.74 Å². The van der Waals surface area contributed by atoms with Gasteiger partial charge in [-0.25, -0.2) is 0 Å². The largest absolute Gasteiger partial charge is 0.497 e. The second-order valence-electron chi connectivity index (χ2n) is 7.10. The number of carbonyl (C=O) groups is 1. The summed E-state index contributed by atoms with van der Waals surface area (Å²) in [4.78, 5) is 19.3. The summed E-state index contributed by atoms with van der Waals surface area (Å²) in [7, 11) is 1.59. The molecule has 0 aliphatic carbocycles. The lowest BCUT2D eigenvalue weighted by Gasteiger charge is -2.29. The van der Waals surface area contributed by atoms with Crippen molar-refractivity contribution in [1.82, 2.24) is 20.9 Å². The number of guanidine groups is 1. The second-order valence-corrected chi connectivity index (χ2v) is 7.10. The van der Waals surface area contributed by atoms with Crippen LogP contribution in [0.3, 0.4) is 0 Å². The standard InChI is InChI=1S/C21H37N5O2.HI/c1-7-22-21(25-13-14-26(16(2)3)17(4)5)24-12-11-23-20(27)18-9-8-10-19(15-18)28-6;/h8-10,15-17H,7,11-14H2,1-6H3,(H,23,27)(H2,22,24,25);1H. The molecule has 7 nitrogen and oxygen atoms in total. The van der Waals surface area contributed by atoms with Crippen molar-refractivity contribution >= 4 is 35.8 Å². The zero-order valence-electron chi connectivity index (χ0n) is 18.6. The molecule has 0 saturated carbocycles. The Morgan fingerprint density at radius 1 is 1.10 bits per heavy atom. The van der Waals surface area contributed by atoms with Crippen LogP contribution in [0.15, 0.2) is 29.3 Å². The van der Waals surface area contributed by atoms with Crippen LogP contribution in [0.5, 0.6) is 5.75 Å². The SMILES string of the molecule is CCNC(=NCCN(C(C)C)C(C)C)NCCNC(=O)c1cccc(OC)c1.I. The van der Waals surface area contributed by atoms with E-state index in [0.29, 0.717) is 36.5 Å². The summed E-state index contributed by atoms with van der Waals surface area (Å²) >= 11 is 0. The molecular formula is C21H38IN5O2. The van der Waals surface area contributed by atoms with Crippen LogP contribution in [-0.4, -0.2) is 68.7 Å². The summed E-state index contributed by atoms with van der Waals surface area (Å²) in [6.45, 7) is 14.4. The summed E-state index contributed by atoms with van der Waals surface area (Å²) in [5.74, 6) is 1.32. The maximum absolute atomic E-state index is 12.2. The first-order valence-electron chi connectivity index (χ1n) is 10.1. The molecule has 3 N–H and O–H groups in total. The third-order valence-electron chi connectivity index (χ3n) is 4.33. The van der Waals surface area contributed by atoms with Crippen LogP contribution in [-0.2, 0) is 0 Å². The van der Waals surface area contributed by atoms with E-state index in [1.165, 1.54) is 0 Å². The molecule has 29 heavy (non-hydrogen) atoms. The molecule has 1 aromatic rings. The predicted octanol–water partition coefficient (Wildman–Crippen LogP) is 2.72. The van der Waals surface area contributed by atoms with Gasteiger partial charge in [0.25, 0.3) is 5.91 Å². The molecule has 0 unspecified atom stereocenters. The van der Waals surface area contributed by atoms with Crippen LogP contribution >= 0.6 is 24.0 Å². The molecule has 1 aromatic carbocycles. The zero-order chi connectivity index (χ0) is 20.9. The molecule has 0 fully saturated rings. The van der Waals surface area contributed by atoms with Crippen molar-refractivity contribution in [2.45, 2.75) is 46.7 Å². The maximum Gasteiger partial charge on any atom is 0.251 e. The Morgan fingerprint density at radius 2 is 1.76 bits per heavy atom. The highest BCUT2D eigenvalue weighted by atomic mass is 127. The van der Waals surface area contributed by atoms with E-state index < -0.39 is 0 Å².